The summed E-state index contributed by atoms with van der Waals surface area (Å²) in [5.74, 6) is 0. The van der Waals surface area contributed by atoms with Crippen molar-refractivity contribution < 1.29 is 0 Å². The Balaban J connectivity index is 1.78. The van der Waals surface area contributed by atoms with Crippen molar-refractivity contribution in [2.24, 2.45) is 0 Å². The largest absolute Gasteiger partial charge is 0.314 e. The van der Waals surface area contributed by atoms with E-state index in [1.807, 2.05) is 0 Å². The Labute approximate surface area is 101 Å². The van der Waals surface area contributed by atoms with E-state index >= 15 is 0 Å². The van der Waals surface area contributed by atoms with Crippen LogP contribution in [0, 0.1) is 0 Å². The van der Waals surface area contributed by atoms with Crippen molar-refractivity contribution in [3.05, 3.63) is 0 Å². The summed E-state index contributed by atoms with van der Waals surface area (Å²) in [6.45, 7) is 7.41. The van der Waals surface area contributed by atoms with E-state index in [2.05, 4.69) is 24.1 Å². The first-order valence-electron chi connectivity index (χ1n) is 7.26. The number of rotatable bonds is 3. The maximum Gasteiger partial charge on any atom is 0.00845 e. The van der Waals surface area contributed by atoms with Crippen molar-refractivity contribution in [1.82, 2.24) is 10.2 Å². The van der Waals surface area contributed by atoms with E-state index in [-0.39, 0.29) is 0 Å². The van der Waals surface area contributed by atoms with Gasteiger partial charge in [0, 0.05) is 18.1 Å². The van der Waals surface area contributed by atoms with Crippen molar-refractivity contribution >= 4 is 0 Å². The lowest BCUT2D eigenvalue weighted by Crippen LogP contribution is -2.47. The van der Waals surface area contributed by atoms with Gasteiger partial charge in [-0.05, 0) is 59.0 Å². The zero-order chi connectivity index (χ0) is 11.4. The minimum atomic E-state index is 0.769. The van der Waals surface area contributed by atoms with Crippen LogP contribution in [-0.4, -0.2) is 36.1 Å². The van der Waals surface area contributed by atoms with E-state index in [0.29, 0.717) is 0 Å². The van der Waals surface area contributed by atoms with Crippen LogP contribution in [0.25, 0.3) is 0 Å². The molecule has 2 fully saturated rings. The molecule has 0 spiro atoms. The lowest BCUT2D eigenvalue weighted by atomic mass is 9.95. The first kappa shape index (κ1) is 12.4. The van der Waals surface area contributed by atoms with E-state index in [1.54, 1.807) is 0 Å². The fourth-order valence-electron chi connectivity index (χ4n) is 3.45. The van der Waals surface area contributed by atoms with Gasteiger partial charge in [-0.25, -0.2) is 0 Å². The number of hydrogen-bond acceptors (Lipinski definition) is 2. The zero-order valence-electron chi connectivity index (χ0n) is 11.0. The van der Waals surface area contributed by atoms with Crippen LogP contribution < -0.4 is 5.32 Å². The average molecular weight is 224 g/mol. The molecule has 0 aromatic rings. The Kier molecular flexibility index (Phi) is 4.66. The van der Waals surface area contributed by atoms with Crippen molar-refractivity contribution in [3.63, 3.8) is 0 Å². The second kappa shape index (κ2) is 6.02. The molecule has 2 heteroatoms. The van der Waals surface area contributed by atoms with Gasteiger partial charge < -0.3 is 5.32 Å². The molecule has 2 rings (SSSR count). The van der Waals surface area contributed by atoms with Crippen LogP contribution >= 0.6 is 0 Å². The van der Waals surface area contributed by atoms with Gasteiger partial charge in [0.1, 0.15) is 0 Å². The van der Waals surface area contributed by atoms with Crippen molar-refractivity contribution in [2.75, 3.05) is 13.1 Å². The highest BCUT2D eigenvalue weighted by Gasteiger charge is 2.25. The predicted octanol–water partition coefficient (Wildman–Crippen LogP) is 2.78. The molecule has 0 amide bonds. The van der Waals surface area contributed by atoms with Gasteiger partial charge >= 0.3 is 0 Å². The standard InChI is InChI=1S/C14H28N2/c1-12-7-4-6-10-16(12)13(2)11-14-8-3-5-9-15-14/h12-15H,3-11H2,1-2H3. The second-order valence-electron chi connectivity index (χ2n) is 5.81. The first-order valence-corrected chi connectivity index (χ1v) is 7.26. The molecule has 1 N–H and O–H groups in total. The van der Waals surface area contributed by atoms with Gasteiger partial charge in [0.15, 0.2) is 0 Å². The summed E-state index contributed by atoms with van der Waals surface area (Å²) >= 11 is 0. The smallest absolute Gasteiger partial charge is 0.00845 e. The maximum absolute atomic E-state index is 3.68. The third-order valence-electron chi connectivity index (χ3n) is 4.46. The van der Waals surface area contributed by atoms with Crippen LogP contribution in [0.15, 0.2) is 0 Å². The molecule has 0 aromatic heterocycles. The van der Waals surface area contributed by atoms with E-state index in [1.165, 1.54) is 58.0 Å². The molecule has 3 unspecified atom stereocenters. The summed E-state index contributed by atoms with van der Waals surface area (Å²) in [7, 11) is 0. The number of piperidine rings is 2. The summed E-state index contributed by atoms with van der Waals surface area (Å²) in [4.78, 5) is 2.74. The molecule has 0 aromatic carbocycles. The molecule has 94 valence electrons. The lowest BCUT2D eigenvalue weighted by Gasteiger charge is -2.40. The molecule has 0 aliphatic carbocycles. The Morgan fingerprint density at radius 3 is 2.69 bits per heavy atom. The molecule has 0 saturated carbocycles. The minimum Gasteiger partial charge on any atom is -0.314 e. The zero-order valence-corrected chi connectivity index (χ0v) is 11.0. The lowest BCUT2D eigenvalue weighted by molar-refractivity contribution is 0.0998. The molecule has 0 radical (unpaired) electrons. The Morgan fingerprint density at radius 2 is 2.00 bits per heavy atom. The van der Waals surface area contributed by atoms with Gasteiger partial charge in [0.05, 0.1) is 0 Å². The van der Waals surface area contributed by atoms with Crippen LogP contribution in [0.3, 0.4) is 0 Å². The third-order valence-corrected chi connectivity index (χ3v) is 4.46. The van der Waals surface area contributed by atoms with Crippen LogP contribution in [0.1, 0.15) is 58.8 Å². The number of nitrogens with zero attached hydrogens (tertiary/aromatic N) is 1. The minimum absolute atomic E-state index is 0.769. The highest BCUT2D eigenvalue weighted by Crippen LogP contribution is 2.22. The van der Waals surface area contributed by atoms with Gasteiger partial charge in [-0.3, -0.25) is 4.90 Å². The highest BCUT2D eigenvalue weighted by atomic mass is 15.2. The van der Waals surface area contributed by atoms with E-state index in [0.717, 1.165) is 18.1 Å². The molecule has 0 bridgehead atoms. The van der Waals surface area contributed by atoms with Crippen LogP contribution in [0.4, 0.5) is 0 Å². The van der Waals surface area contributed by atoms with E-state index < -0.39 is 0 Å². The monoisotopic (exact) mass is 224 g/mol. The van der Waals surface area contributed by atoms with Crippen molar-refractivity contribution in [1.29, 1.82) is 0 Å². The second-order valence-corrected chi connectivity index (χ2v) is 5.81. The Morgan fingerprint density at radius 1 is 1.19 bits per heavy atom. The molecule has 2 aliphatic rings. The normalized spacial score (nSPS) is 34.9. The molecule has 2 aliphatic heterocycles. The summed E-state index contributed by atoms with van der Waals surface area (Å²) in [5.41, 5.74) is 0. The maximum atomic E-state index is 3.68. The van der Waals surface area contributed by atoms with Gasteiger partial charge in [-0.15, -0.1) is 0 Å². The van der Waals surface area contributed by atoms with E-state index in [4.69, 9.17) is 0 Å². The molecule has 2 heterocycles. The Hall–Kier alpha value is -0.0800. The van der Waals surface area contributed by atoms with Gasteiger partial charge in [0.25, 0.3) is 0 Å². The number of nitrogens with one attached hydrogen (secondary N) is 1. The summed E-state index contributed by atoms with van der Waals surface area (Å²) in [6.07, 6.45) is 9.81. The number of hydrogen-bond donors (Lipinski definition) is 1. The summed E-state index contributed by atoms with van der Waals surface area (Å²) < 4.78 is 0. The van der Waals surface area contributed by atoms with Crippen LogP contribution in [0.2, 0.25) is 0 Å². The molecular formula is C14H28N2. The average Bonchev–Trinajstić information content (AvgIpc) is 2.31. The molecular weight excluding hydrogens is 196 g/mol. The van der Waals surface area contributed by atoms with Gasteiger partial charge in [-0.2, -0.15) is 0 Å². The van der Waals surface area contributed by atoms with Crippen LogP contribution in [0.5, 0.6) is 0 Å². The summed E-state index contributed by atoms with van der Waals surface area (Å²) in [5, 5.41) is 3.68. The fraction of sp³-hybridized carbons (Fsp3) is 1.00. The SMILES string of the molecule is CC1CCCCN1C(C)CC1CCCCN1. The quantitative estimate of drug-likeness (QED) is 0.793. The first-order chi connectivity index (χ1) is 7.77. The topological polar surface area (TPSA) is 15.3 Å². The fourth-order valence-corrected chi connectivity index (χ4v) is 3.45. The van der Waals surface area contributed by atoms with E-state index in [9.17, 15) is 0 Å². The summed E-state index contributed by atoms with van der Waals surface area (Å²) in [6, 6.07) is 2.37. The number of likely N-dealkylation sites (tertiary alicyclic amines) is 1. The molecule has 2 saturated heterocycles. The highest BCUT2D eigenvalue weighted by molar-refractivity contribution is 4.82. The van der Waals surface area contributed by atoms with Crippen molar-refractivity contribution in [3.8, 4) is 0 Å². The molecule has 2 nitrogen and oxygen atoms in total. The van der Waals surface area contributed by atoms with Gasteiger partial charge in [0.2, 0.25) is 0 Å². The van der Waals surface area contributed by atoms with Crippen molar-refractivity contribution in [2.45, 2.75) is 76.9 Å². The van der Waals surface area contributed by atoms with Gasteiger partial charge in [-0.1, -0.05) is 12.8 Å². The molecule has 3 atom stereocenters. The van der Waals surface area contributed by atoms with Crippen LogP contribution in [-0.2, 0) is 0 Å². The molecule has 16 heavy (non-hydrogen) atoms. The Bertz CT molecular complexity index is 199. The third kappa shape index (κ3) is 3.21. The predicted molar refractivity (Wildman–Crippen MR) is 69.7 cm³/mol.